The molecule has 3 aromatic heterocycles. The van der Waals surface area contributed by atoms with Gasteiger partial charge in [0.05, 0.1) is 16.1 Å². The quantitative estimate of drug-likeness (QED) is 0.748. The van der Waals surface area contributed by atoms with Gasteiger partial charge >= 0.3 is 0 Å². The molecule has 110 valence electrons. The Labute approximate surface area is 137 Å². The summed E-state index contributed by atoms with van der Waals surface area (Å²) in [6, 6.07) is 8.48. The SMILES string of the molecule is Cc1nn(C)cc1CNC(c1cccs1)c1ccc(Cl)s1. The van der Waals surface area contributed by atoms with Gasteiger partial charge < -0.3 is 5.32 Å². The Kier molecular flexibility index (Phi) is 4.45. The van der Waals surface area contributed by atoms with Crippen molar-refractivity contribution in [2.45, 2.75) is 19.5 Å². The standard InChI is InChI=1S/C15H16ClN3S2/c1-10-11(9-19(2)18-10)8-17-15(12-4-3-7-20-12)13-5-6-14(16)21-13/h3-7,9,15,17H,8H2,1-2H3. The summed E-state index contributed by atoms with van der Waals surface area (Å²) in [5.74, 6) is 0. The van der Waals surface area contributed by atoms with Crippen LogP contribution < -0.4 is 5.32 Å². The van der Waals surface area contributed by atoms with Crippen molar-refractivity contribution < 1.29 is 0 Å². The molecule has 3 aromatic rings. The first-order valence-corrected chi connectivity index (χ1v) is 8.72. The number of aryl methyl sites for hydroxylation is 2. The lowest BCUT2D eigenvalue weighted by Crippen LogP contribution is -2.20. The second-order valence-electron chi connectivity index (χ2n) is 4.88. The maximum atomic E-state index is 6.09. The summed E-state index contributed by atoms with van der Waals surface area (Å²) in [6.45, 7) is 2.83. The van der Waals surface area contributed by atoms with E-state index in [1.165, 1.54) is 15.3 Å². The van der Waals surface area contributed by atoms with Gasteiger partial charge in [0.1, 0.15) is 0 Å². The molecule has 0 aliphatic rings. The number of hydrogen-bond acceptors (Lipinski definition) is 4. The molecule has 0 aliphatic heterocycles. The number of halogens is 1. The smallest absolute Gasteiger partial charge is 0.0931 e. The van der Waals surface area contributed by atoms with Gasteiger partial charge in [-0.3, -0.25) is 4.68 Å². The van der Waals surface area contributed by atoms with Gasteiger partial charge in [-0.25, -0.2) is 0 Å². The van der Waals surface area contributed by atoms with Crippen molar-refractivity contribution in [3.05, 3.63) is 61.2 Å². The summed E-state index contributed by atoms with van der Waals surface area (Å²) >= 11 is 9.48. The first-order chi connectivity index (χ1) is 10.1. The summed E-state index contributed by atoms with van der Waals surface area (Å²) in [4.78, 5) is 2.54. The second kappa shape index (κ2) is 6.32. The largest absolute Gasteiger partial charge is 0.301 e. The third-order valence-electron chi connectivity index (χ3n) is 3.32. The fraction of sp³-hybridized carbons (Fsp3) is 0.267. The Hall–Kier alpha value is -1.14. The highest BCUT2D eigenvalue weighted by Gasteiger charge is 2.17. The second-order valence-corrected chi connectivity index (χ2v) is 7.61. The molecule has 6 heteroatoms. The van der Waals surface area contributed by atoms with Crippen molar-refractivity contribution in [3.8, 4) is 0 Å². The minimum absolute atomic E-state index is 0.183. The Morgan fingerprint density at radius 3 is 2.76 bits per heavy atom. The normalized spacial score (nSPS) is 12.7. The van der Waals surface area contributed by atoms with Gasteiger partial charge in [0.15, 0.2) is 0 Å². The van der Waals surface area contributed by atoms with E-state index < -0.39 is 0 Å². The number of nitrogens with zero attached hydrogens (tertiary/aromatic N) is 2. The van der Waals surface area contributed by atoms with E-state index in [1.807, 2.05) is 24.7 Å². The molecule has 0 saturated carbocycles. The van der Waals surface area contributed by atoms with Crippen LogP contribution in [-0.2, 0) is 13.6 Å². The molecule has 1 N–H and O–H groups in total. The summed E-state index contributed by atoms with van der Waals surface area (Å²) in [5.41, 5.74) is 2.29. The predicted molar refractivity (Wildman–Crippen MR) is 90.3 cm³/mol. The van der Waals surface area contributed by atoms with E-state index in [1.54, 1.807) is 22.7 Å². The van der Waals surface area contributed by atoms with Crippen LogP contribution in [-0.4, -0.2) is 9.78 Å². The van der Waals surface area contributed by atoms with Crippen molar-refractivity contribution >= 4 is 34.3 Å². The van der Waals surface area contributed by atoms with Crippen molar-refractivity contribution in [1.82, 2.24) is 15.1 Å². The molecule has 3 rings (SSSR count). The molecule has 0 fully saturated rings. The topological polar surface area (TPSA) is 29.9 Å². The monoisotopic (exact) mass is 337 g/mol. The van der Waals surface area contributed by atoms with Crippen LogP contribution in [0.3, 0.4) is 0 Å². The molecule has 1 unspecified atom stereocenters. The summed E-state index contributed by atoms with van der Waals surface area (Å²) in [5, 5.41) is 10.1. The Bertz CT molecular complexity index is 715. The van der Waals surface area contributed by atoms with Crippen LogP contribution in [0.5, 0.6) is 0 Å². The zero-order chi connectivity index (χ0) is 14.8. The maximum Gasteiger partial charge on any atom is 0.0931 e. The molecule has 3 nitrogen and oxygen atoms in total. The molecule has 0 bridgehead atoms. The molecule has 1 atom stereocenters. The Morgan fingerprint density at radius 2 is 2.19 bits per heavy atom. The Morgan fingerprint density at radius 1 is 1.33 bits per heavy atom. The van der Waals surface area contributed by atoms with Crippen molar-refractivity contribution in [2.24, 2.45) is 7.05 Å². The number of thiophene rings is 2. The predicted octanol–water partition coefficient (Wildman–Crippen LogP) is 4.38. The molecular weight excluding hydrogens is 322 g/mol. The van der Waals surface area contributed by atoms with Crippen molar-refractivity contribution in [1.29, 1.82) is 0 Å². The number of rotatable bonds is 5. The lowest BCUT2D eigenvalue weighted by Gasteiger charge is -2.15. The highest BCUT2D eigenvalue weighted by molar-refractivity contribution is 7.16. The van der Waals surface area contributed by atoms with E-state index in [9.17, 15) is 0 Å². The van der Waals surface area contributed by atoms with E-state index in [0.717, 1.165) is 16.6 Å². The van der Waals surface area contributed by atoms with Gasteiger partial charge in [-0.1, -0.05) is 17.7 Å². The fourth-order valence-electron chi connectivity index (χ4n) is 2.31. The van der Waals surface area contributed by atoms with Crippen LogP contribution in [0.15, 0.2) is 35.8 Å². The zero-order valence-electron chi connectivity index (χ0n) is 11.8. The zero-order valence-corrected chi connectivity index (χ0v) is 14.2. The van der Waals surface area contributed by atoms with E-state index in [0.29, 0.717) is 0 Å². The summed E-state index contributed by atoms with van der Waals surface area (Å²) < 4.78 is 2.68. The van der Waals surface area contributed by atoms with E-state index in [4.69, 9.17) is 11.6 Å². The van der Waals surface area contributed by atoms with Crippen molar-refractivity contribution in [2.75, 3.05) is 0 Å². The summed E-state index contributed by atoms with van der Waals surface area (Å²) in [7, 11) is 1.95. The molecule has 0 radical (unpaired) electrons. The third kappa shape index (κ3) is 3.37. The van der Waals surface area contributed by atoms with Crippen LogP contribution in [0, 0.1) is 6.92 Å². The summed E-state index contributed by atoms with van der Waals surface area (Å²) in [6.07, 6.45) is 2.06. The molecule has 0 aliphatic carbocycles. The van der Waals surface area contributed by atoms with Crippen LogP contribution in [0.1, 0.15) is 27.1 Å². The van der Waals surface area contributed by atoms with Gasteiger partial charge in [0, 0.05) is 35.1 Å². The lowest BCUT2D eigenvalue weighted by molar-refractivity contribution is 0.619. The molecular formula is C15H16ClN3S2. The minimum Gasteiger partial charge on any atom is -0.301 e. The first kappa shape index (κ1) is 14.8. The molecule has 0 aromatic carbocycles. The lowest BCUT2D eigenvalue weighted by atomic mass is 10.2. The highest BCUT2D eigenvalue weighted by atomic mass is 35.5. The van der Waals surface area contributed by atoms with Crippen LogP contribution in [0.2, 0.25) is 4.34 Å². The maximum absolute atomic E-state index is 6.09. The number of hydrogen-bond donors (Lipinski definition) is 1. The van der Waals surface area contributed by atoms with Crippen LogP contribution in [0.4, 0.5) is 0 Å². The van der Waals surface area contributed by atoms with Gasteiger partial charge in [-0.2, -0.15) is 5.10 Å². The van der Waals surface area contributed by atoms with Crippen LogP contribution >= 0.6 is 34.3 Å². The molecule has 0 spiro atoms. The number of nitrogens with one attached hydrogen (secondary N) is 1. The van der Waals surface area contributed by atoms with Gasteiger partial charge in [-0.15, -0.1) is 22.7 Å². The molecule has 3 heterocycles. The number of aromatic nitrogens is 2. The van der Waals surface area contributed by atoms with Gasteiger partial charge in [0.25, 0.3) is 0 Å². The fourth-order valence-corrected chi connectivity index (χ4v) is 4.36. The third-order valence-corrected chi connectivity index (χ3v) is 5.55. The van der Waals surface area contributed by atoms with E-state index in [2.05, 4.69) is 40.2 Å². The van der Waals surface area contributed by atoms with E-state index >= 15 is 0 Å². The van der Waals surface area contributed by atoms with Gasteiger partial charge in [-0.05, 0) is 30.5 Å². The van der Waals surface area contributed by atoms with E-state index in [-0.39, 0.29) is 6.04 Å². The van der Waals surface area contributed by atoms with Crippen LogP contribution in [0.25, 0.3) is 0 Å². The van der Waals surface area contributed by atoms with Crippen molar-refractivity contribution in [3.63, 3.8) is 0 Å². The average molecular weight is 338 g/mol. The first-order valence-electron chi connectivity index (χ1n) is 6.64. The van der Waals surface area contributed by atoms with Gasteiger partial charge in [0.2, 0.25) is 0 Å². The minimum atomic E-state index is 0.183. The highest BCUT2D eigenvalue weighted by Crippen LogP contribution is 2.33. The molecule has 0 amide bonds. The average Bonchev–Trinajstić information content (AvgIpc) is 3.14. The molecule has 0 saturated heterocycles. The Balaban J connectivity index is 1.81. The molecule has 21 heavy (non-hydrogen) atoms.